The molecule has 0 amide bonds. The van der Waals surface area contributed by atoms with E-state index in [1.54, 1.807) is 14.0 Å². The Morgan fingerprint density at radius 1 is 1.42 bits per heavy atom. The van der Waals surface area contributed by atoms with Crippen LogP contribution in [0.2, 0.25) is 0 Å². The van der Waals surface area contributed by atoms with Gasteiger partial charge in [0.1, 0.15) is 4.90 Å². The topological polar surface area (TPSA) is 78.1 Å². The molecule has 1 aliphatic heterocycles. The largest absolute Gasteiger partial charge is 0.317 e. The summed E-state index contributed by atoms with van der Waals surface area (Å²) in [5.41, 5.74) is 0.591. The molecule has 0 spiro atoms. The number of sulfonamides is 1. The number of aromatic amines is 1. The van der Waals surface area contributed by atoms with Crippen molar-refractivity contribution >= 4 is 10.0 Å². The summed E-state index contributed by atoms with van der Waals surface area (Å²) in [5, 5.41) is 9.77. The summed E-state index contributed by atoms with van der Waals surface area (Å²) >= 11 is 0. The zero-order chi connectivity index (χ0) is 13.9. The lowest BCUT2D eigenvalue weighted by atomic mass is 9.95. The van der Waals surface area contributed by atoms with Crippen molar-refractivity contribution in [2.45, 2.75) is 31.1 Å². The van der Waals surface area contributed by atoms with Gasteiger partial charge < -0.3 is 5.32 Å². The number of piperidine rings is 1. The van der Waals surface area contributed by atoms with Crippen LogP contribution in [-0.2, 0) is 10.0 Å². The lowest BCUT2D eigenvalue weighted by Gasteiger charge is -2.24. The number of nitrogens with one attached hydrogen (secondary N) is 2. The molecule has 1 saturated heterocycles. The quantitative estimate of drug-likeness (QED) is 0.836. The van der Waals surface area contributed by atoms with Gasteiger partial charge in [0, 0.05) is 13.6 Å². The molecule has 0 aromatic carbocycles. The second kappa shape index (κ2) is 6.02. The molecule has 2 N–H and O–H groups in total. The van der Waals surface area contributed by atoms with Crippen LogP contribution < -0.4 is 5.32 Å². The fraction of sp³-hybridized carbons (Fsp3) is 0.750. The molecule has 0 bridgehead atoms. The first-order valence-corrected chi connectivity index (χ1v) is 8.13. The summed E-state index contributed by atoms with van der Waals surface area (Å²) in [5.74, 6) is 0.629. The Morgan fingerprint density at radius 2 is 2.11 bits per heavy atom. The van der Waals surface area contributed by atoms with Gasteiger partial charge in [-0.05, 0) is 45.2 Å². The zero-order valence-corrected chi connectivity index (χ0v) is 12.3. The zero-order valence-electron chi connectivity index (χ0n) is 11.5. The molecule has 0 radical (unpaired) electrons. The van der Waals surface area contributed by atoms with E-state index in [2.05, 4.69) is 15.5 Å². The fourth-order valence-electron chi connectivity index (χ4n) is 2.42. The fourth-order valence-corrected chi connectivity index (χ4v) is 3.72. The van der Waals surface area contributed by atoms with E-state index in [1.165, 1.54) is 10.5 Å². The van der Waals surface area contributed by atoms with Crippen molar-refractivity contribution in [1.29, 1.82) is 0 Å². The van der Waals surface area contributed by atoms with Crippen LogP contribution in [0.1, 0.15) is 25.0 Å². The van der Waals surface area contributed by atoms with Gasteiger partial charge in [-0.15, -0.1) is 0 Å². The van der Waals surface area contributed by atoms with E-state index in [0.29, 0.717) is 18.2 Å². The Balaban J connectivity index is 1.95. The van der Waals surface area contributed by atoms with E-state index in [-0.39, 0.29) is 4.90 Å². The van der Waals surface area contributed by atoms with Gasteiger partial charge in [0.15, 0.2) is 0 Å². The summed E-state index contributed by atoms with van der Waals surface area (Å²) in [6.45, 7) is 4.38. The van der Waals surface area contributed by atoms with Crippen LogP contribution in [0, 0.1) is 12.8 Å². The molecule has 7 heteroatoms. The molecule has 2 rings (SSSR count). The normalized spacial score (nSPS) is 18.1. The van der Waals surface area contributed by atoms with Crippen LogP contribution in [0.25, 0.3) is 0 Å². The molecule has 0 atom stereocenters. The summed E-state index contributed by atoms with van der Waals surface area (Å²) in [7, 11) is -1.76. The van der Waals surface area contributed by atoms with E-state index < -0.39 is 10.0 Å². The molecule has 19 heavy (non-hydrogen) atoms. The van der Waals surface area contributed by atoms with Crippen LogP contribution in [0.4, 0.5) is 0 Å². The van der Waals surface area contributed by atoms with E-state index in [9.17, 15) is 8.42 Å². The maximum absolute atomic E-state index is 12.3. The van der Waals surface area contributed by atoms with Crippen LogP contribution in [0.5, 0.6) is 0 Å². The second-order valence-electron chi connectivity index (χ2n) is 5.17. The van der Waals surface area contributed by atoms with Crippen molar-refractivity contribution in [3.63, 3.8) is 0 Å². The summed E-state index contributed by atoms with van der Waals surface area (Å²) < 4.78 is 26.1. The van der Waals surface area contributed by atoms with Crippen molar-refractivity contribution < 1.29 is 8.42 Å². The molecule has 0 unspecified atom stereocenters. The third-order valence-electron chi connectivity index (χ3n) is 3.78. The van der Waals surface area contributed by atoms with Crippen molar-refractivity contribution in [2.75, 3.05) is 26.7 Å². The van der Waals surface area contributed by atoms with Crippen LogP contribution in [0.15, 0.2) is 11.1 Å². The molecule has 0 aliphatic carbocycles. The molecule has 1 aliphatic rings. The van der Waals surface area contributed by atoms with Gasteiger partial charge in [0.25, 0.3) is 0 Å². The summed E-state index contributed by atoms with van der Waals surface area (Å²) in [6.07, 6.45) is 4.58. The average Bonchev–Trinajstić information content (AvgIpc) is 2.84. The highest BCUT2D eigenvalue weighted by molar-refractivity contribution is 7.89. The lowest BCUT2D eigenvalue weighted by molar-refractivity contribution is 0.326. The third-order valence-corrected chi connectivity index (χ3v) is 5.75. The van der Waals surface area contributed by atoms with Gasteiger partial charge in [0.2, 0.25) is 10.0 Å². The Kier molecular flexibility index (Phi) is 4.59. The second-order valence-corrected chi connectivity index (χ2v) is 7.18. The molecule has 0 saturated carbocycles. The molecule has 6 nitrogen and oxygen atoms in total. The van der Waals surface area contributed by atoms with Crippen molar-refractivity contribution in [3.05, 3.63) is 11.9 Å². The number of hydrogen-bond donors (Lipinski definition) is 2. The maximum atomic E-state index is 12.3. The predicted octanol–water partition coefficient (Wildman–Crippen LogP) is 0.728. The van der Waals surface area contributed by atoms with Crippen LogP contribution in [-0.4, -0.2) is 49.6 Å². The Bertz CT molecular complexity index is 506. The maximum Gasteiger partial charge on any atom is 0.246 e. The Hall–Kier alpha value is -0.920. The van der Waals surface area contributed by atoms with Crippen LogP contribution >= 0.6 is 0 Å². The Morgan fingerprint density at radius 3 is 2.68 bits per heavy atom. The number of aromatic nitrogens is 2. The molecule has 108 valence electrons. The molecule has 1 aromatic heterocycles. The van der Waals surface area contributed by atoms with Gasteiger partial charge in [0.05, 0.1) is 11.9 Å². The van der Waals surface area contributed by atoms with Gasteiger partial charge in [-0.2, -0.15) is 5.10 Å². The Labute approximate surface area is 114 Å². The first kappa shape index (κ1) is 14.5. The van der Waals surface area contributed by atoms with Crippen molar-refractivity contribution in [2.24, 2.45) is 5.92 Å². The van der Waals surface area contributed by atoms with Gasteiger partial charge in [-0.25, -0.2) is 12.7 Å². The van der Waals surface area contributed by atoms with E-state index in [1.807, 2.05) is 0 Å². The number of H-pyrrole nitrogens is 1. The standard InChI is InChI=1S/C12H22N4O2S/c1-10-12(9-14-15-10)19(17,18)16(2)8-5-11-3-6-13-7-4-11/h9,11,13H,3-8H2,1-2H3,(H,14,15). The minimum atomic E-state index is -3.40. The number of rotatable bonds is 5. The highest BCUT2D eigenvalue weighted by Crippen LogP contribution is 2.20. The highest BCUT2D eigenvalue weighted by Gasteiger charge is 2.25. The van der Waals surface area contributed by atoms with E-state index >= 15 is 0 Å². The average molecular weight is 286 g/mol. The molecular weight excluding hydrogens is 264 g/mol. The SMILES string of the molecule is Cc1[nH]ncc1S(=O)(=O)N(C)CCC1CCNCC1. The summed E-state index contributed by atoms with van der Waals surface area (Å²) in [4.78, 5) is 0.278. The smallest absolute Gasteiger partial charge is 0.246 e. The molecule has 1 aromatic rings. The predicted molar refractivity (Wildman–Crippen MR) is 73.4 cm³/mol. The molecule has 1 fully saturated rings. The number of nitrogens with zero attached hydrogens (tertiary/aromatic N) is 2. The van der Waals surface area contributed by atoms with E-state index in [0.717, 1.165) is 32.4 Å². The third kappa shape index (κ3) is 3.34. The van der Waals surface area contributed by atoms with Gasteiger partial charge in [-0.1, -0.05) is 0 Å². The van der Waals surface area contributed by atoms with E-state index in [4.69, 9.17) is 0 Å². The van der Waals surface area contributed by atoms with Crippen molar-refractivity contribution in [3.8, 4) is 0 Å². The molecular formula is C12H22N4O2S. The monoisotopic (exact) mass is 286 g/mol. The highest BCUT2D eigenvalue weighted by atomic mass is 32.2. The minimum absolute atomic E-state index is 0.278. The number of aryl methyl sites for hydroxylation is 1. The van der Waals surface area contributed by atoms with Crippen LogP contribution in [0.3, 0.4) is 0 Å². The first-order valence-electron chi connectivity index (χ1n) is 6.69. The minimum Gasteiger partial charge on any atom is -0.317 e. The van der Waals surface area contributed by atoms with Gasteiger partial charge in [-0.3, -0.25) is 5.10 Å². The summed E-state index contributed by atoms with van der Waals surface area (Å²) in [6, 6.07) is 0. The lowest BCUT2D eigenvalue weighted by Crippen LogP contribution is -2.32. The van der Waals surface area contributed by atoms with Crippen molar-refractivity contribution in [1.82, 2.24) is 19.8 Å². The van der Waals surface area contributed by atoms with Gasteiger partial charge >= 0.3 is 0 Å². The number of hydrogen-bond acceptors (Lipinski definition) is 4. The first-order chi connectivity index (χ1) is 9.01. The molecule has 2 heterocycles.